The van der Waals surface area contributed by atoms with Crippen LogP contribution in [0.15, 0.2) is 104 Å². The normalized spacial score (nSPS) is 10.6. The Morgan fingerprint density at radius 2 is 1.62 bits per heavy atom. The standard InChI is InChI=1S/C26H19N5O/c32-26(30-23-17-27-14-13-21(23)18-6-2-1-3-7-18)20-12-15-28-25(16-20)31-24-11-10-19-8-4-5-9-22(19)29-24/h1-17H,(H,30,32)(H,28,29,31). The Hall–Kier alpha value is -4.58. The van der Waals surface area contributed by atoms with E-state index in [2.05, 4.69) is 25.6 Å². The van der Waals surface area contributed by atoms with Crippen molar-refractivity contribution >= 4 is 34.1 Å². The van der Waals surface area contributed by atoms with Gasteiger partial charge in [-0.15, -0.1) is 0 Å². The van der Waals surface area contributed by atoms with Gasteiger partial charge < -0.3 is 10.6 Å². The van der Waals surface area contributed by atoms with E-state index < -0.39 is 0 Å². The summed E-state index contributed by atoms with van der Waals surface area (Å²) in [5.41, 5.74) is 3.92. The maximum Gasteiger partial charge on any atom is 0.255 e. The zero-order valence-corrected chi connectivity index (χ0v) is 17.1. The molecule has 0 spiro atoms. The number of carbonyl (C=O) groups is 1. The summed E-state index contributed by atoms with van der Waals surface area (Å²) in [5, 5.41) is 7.21. The van der Waals surface area contributed by atoms with E-state index in [4.69, 9.17) is 0 Å². The van der Waals surface area contributed by atoms with Gasteiger partial charge in [0.1, 0.15) is 11.6 Å². The molecule has 32 heavy (non-hydrogen) atoms. The Kier molecular flexibility index (Phi) is 5.24. The molecular weight excluding hydrogens is 398 g/mol. The van der Waals surface area contributed by atoms with Crippen molar-refractivity contribution in [2.24, 2.45) is 0 Å². The van der Waals surface area contributed by atoms with Gasteiger partial charge in [-0.1, -0.05) is 48.5 Å². The molecule has 0 bridgehead atoms. The maximum atomic E-state index is 13.0. The van der Waals surface area contributed by atoms with Gasteiger partial charge in [-0.25, -0.2) is 9.97 Å². The van der Waals surface area contributed by atoms with Crippen LogP contribution >= 0.6 is 0 Å². The number of para-hydroxylation sites is 1. The van der Waals surface area contributed by atoms with Crippen molar-refractivity contribution in [2.45, 2.75) is 0 Å². The van der Waals surface area contributed by atoms with Gasteiger partial charge in [-0.3, -0.25) is 9.78 Å². The summed E-state index contributed by atoms with van der Waals surface area (Å²) >= 11 is 0. The van der Waals surface area contributed by atoms with E-state index in [9.17, 15) is 4.79 Å². The van der Waals surface area contributed by atoms with Crippen LogP contribution in [0.5, 0.6) is 0 Å². The molecule has 6 nitrogen and oxygen atoms in total. The third-order valence-corrected chi connectivity index (χ3v) is 5.03. The summed E-state index contributed by atoms with van der Waals surface area (Å²) in [6.07, 6.45) is 4.96. The second-order valence-corrected chi connectivity index (χ2v) is 7.19. The van der Waals surface area contributed by atoms with Crippen LogP contribution in [-0.4, -0.2) is 20.9 Å². The lowest BCUT2D eigenvalue weighted by Gasteiger charge is -2.11. The number of amides is 1. The molecule has 6 heteroatoms. The fraction of sp³-hybridized carbons (Fsp3) is 0. The van der Waals surface area contributed by atoms with Gasteiger partial charge in [0.15, 0.2) is 0 Å². The molecule has 0 saturated heterocycles. The predicted octanol–water partition coefficient (Wildman–Crippen LogP) is 5.69. The number of rotatable bonds is 5. The quantitative estimate of drug-likeness (QED) is 0.384. The number of benzene rings is 2. The lowest BCUT2D eigenvalue weighted by atomic mass is 10.1. The molecule has 5 aromatic rings. The lowest BCUT2D eigenvalue weighted by Crippen LogP contribution is -2.13. The molecule has 0 fully saturated rings. The SMILES string of the molecule is O=C(Nc1cnccc1-c1ccccc1)c1ccnc(Nc2ccc3ccccc3n2)c1. The number of carbonyl (C=O) groups excluding carboxylic acids is 1. The van der Waals surface area contributed by atoms with Gasteiger partial charge in [-0.05, 0) is 42.0 Å². The molecule has 0 aliphatic rings. The van der Waals surface area contributed by atoms with E-state index in [1.165, 1.54) is 0 Å². The monoisotopic (exact) mass is 417 g/mol. The van der Waals surface area contributed by atoms with Crippen LogP contribution in [-0.2, 0) is 0 Å². The maximum absolute atomic E-state index is 13.0. The first-order valence-corrected chi connectivity index (χ1v) is 10.2. The van der Waals surface area contributed by atoms with Crippen LogP contribution in [0.4, 0.5) is 17.3 Å². The fourth-order valence-electron chi connectivity index (χ4n) is 3.46. The molecule has 3 heterocycles. The van der Waals surface area contributed by atoms with Crippen molar-refractivity contribution in [2.75, 3.05) is 10.6 Å². The molecule has 3 aromatic heterocycles. The number of pyridine rings is 3. The first kappa shape index (κ1) is 19.4. The van der Waals surface area contributed by atoms with Gasteiger partial charge >= 0.3 is 0 Å². The van der Waals surface area contributed by atoms with Crippen molar-refractivity contribution in [3.63, 3.8) is 0 Å². The lowest BCUT2D eigenvalue weighted by molar-refractivity contribution is 0.102. The van der Waals surface area contributed by atoms with Gasteiger partial charge in [0.25, 0.3) is 5.91 Å². The number of nitrogens with one attached hydrogen (secondary N) is 2. The average Bonchev–Trinajstić information content (AvgIpc) is 2.85. The van der Waals surface area contributed by atoms with E-state index in [1.807, 2.05) is 72.8 Å². The van der Waals surface area contributed by atoms with E-state index in [-0.39, 0.29) is 5.91 Å². The summed E-state index contributed by atoms with van der Waals surface area (Å²) in [4.78, 5) is 26.1. The van der Waals surface area contributed by atoms with Crippen LogP contribution in [0.1, 0.15) is 10.4 Å². The highest BCUT2D eigenvalue weighted by molar-refractivity contribution is 6.06. The highest BCUT2D eigenvalue weighted by atomic mass is 16.1. The van der Waals surface area contributed by atoms with Gasteiger partial charge in [0.05, 0.1) is 17.4 Å². The van der Waals surface area contributed by atoms with Gasteiger partial charge in [0.2, 0.25) is 0 Å². The van der Waals surface area contributed by atoms with E-state index >= 15 is 0 Å². The van der Waals surface area contributed by atoms with E-state index in [0.717, 1.165) is 22.0 Å². The van der Waals surface area contributed by atoms with Crippen molar-refractivity contribution in [3.05, 3.63) is 109 Å². The highest BCUT2D eigenvalue weighted by Gasteiger charge is 2.12. The van der Waals surface area contributed by atoms with Crippen LogP contribution in [0.25, 0.3) is 22.0 Å². The Morgan fingerprint density at radius 3 is 2.53 bits per heavy atom. The largest absolute Gasteiger partial charge is 0.325 e. The Balaban J connectivity index is 1.37. The summed E-state index contributed by atoms with van der Waals surface area (Å²) in [6.45, 7) is 0. The van der Waals surface area contributed by atoms with Crippen LogP contribution in [0.3, 0.4) is 0 Å². The number of aromatic nitrogens is 3. The Bertz CT molecular complexity index is 1400. The van der Waals surface area contributed by atoms with Crippen molar-refractivity contribution < 1.29 is 4.79 Å². The first-order chi connectivity index (χ1) is 15.8. The summed E-state index contributed by atoms with van der Waals surface area (Å²) < 4.78 is 0. The molecule has 0 unspecified atom stereocenters. The molecule has 0 saturated carbocycles. The summed E-state index contributed by atoms with van der Waals surface area (Å²) in [7, 11) is 0. The van der Waals surface area contributed by atoms with E-state index in [0.29, 0.717) is 22.9 Å². The topological polar surface area (TPSA) is 79.8 Å². The molecule has 5 rings (SSSR count). The minimum Gasteiger partial charge on any atom is -0.325 e. The fourth-order valence-corrected chi connectivity index (χ4v) is 3.46. The molecule has 0 aliphatic heterocycles. The zero-order chi connectivity index (χ0) is 21.8. The van der Waals surface area contributed by atoms with Crippen molar-refractivity contribution in [1.82, 2.24) is 15.0 Å². The minimum atomic E-state index is -0.243. The Labute approximate surface area is 185 Å². The predicted molar refractivity (Wildman–Crippen MR) is 127 cm³/mol. The number of nitrogens with zero attached hydrogens (tertiary/aromatic N) is 3. The highest BCUT2D eigenvalue weighted by Crippen LogP contribution is 2.27. The van der Waals surface area contributed by atoms with Crippen LogP contribution in [0, 0.1) is 0 Å². The third kappa shape index (κ3) is 4.15. The molecule has 0 atom stereocenters. The second-order valence-electron chi connectivity index (χ2n) is 7.19. The number of fused-ring (bicyclic) bond motifs is 1. The molecule has 0 aliphatic carbocycles. The molecule has 0 radical (unpaired) electrons. The zero-order valence-electron chi connectivity index (χ0n) is 17.1. The third-order valence-electron chi connectivity index (χ3n) is 5.03. The molecular formula is C26H19N5O. The van der Waals surface area contributed by atoms with Gasteiger partial charge in [-0.2, -0.15) is 0 Å². The number of anilines is 3. The van der Waals surface area contributed by atoms with E-state index in [1.54, 1.807) is 30.7 Å². The Morgan fingerprint density at radius 1 is 0.781 bits per heavy atom. The first-order valence-electron chi connectivity index (χ1n) is 10.2. The number of hydrogen-bond donors (Lipinski definition) is 2. The van der Waals surface area contributed by atoms with Crippen LogP contribution in [0.2, 0.25) is 0 Å². The van der Waals surface area contributed by atoms with Crippen molar-refractivity contribution in [1.29, 1.82) is 0 Å². The minimum absolute atomic E-state index is 0.243. The number of hydrogen-bond acceptors (Lipinski definition) is 5. The molecule has 154 valence electrons. The van der Waals surface area contributed by atoms with Crippen LogP contribution < -0.4 is 10.6 Å². The van der Waals surface area contributed by atoms with Crippen molar-refractivity contribution in [3.8, 4) is 11.1 Å². The van der Waals surface area contributed by atoms with Gasteiger partial charge in [0, 0.05) is 28.9 Å². The molecule has 2 N–H and O–H groups in total. The average molecular weight is 417 g/mol. The molecule has 2 aromatic carbocycles. The summed E-state index contributed by atoms with van der Waals surface area (Å²) in [6, 6.07) is 26.9. The smallest absolute Gasteiger partial charge is 0.255 e. The summed E-state index contributed by atoms with van der Waals surface area (Å²) in [5.74, 6) is 0.953. The second kappa shape index (κ2) is 8.65. The molecule has 1 amide bonds.